The molecule has 1 atom stereocenters. The van der Waals surface area contributed by atoms with Gasteiger partial charge in [-0.1, -0.05) is 36.4 Å². The lowest BCUT2D eigenvalue weighted by Crippen LogP contribution is -2.20. The molecule has 2 heteroatoms. The van der Waals surface area contributed by atoms with E-state index >= 15 is 0 Å². The first-order valence-electron chi connectivity index (χ1n) is 6.90. The zero-order chi connectivity index (χ0) is 13.5. The van der Waals surface area contributed by atoms with Gasteiger partial charge in [-0.15, -0.1) is 0 Å². The molecule has 0 unspecified atom stereocenters. The van der Waals surface area contributed by atoms with Crippen LogP contribution >= 0.6 is 0 Å². The summed E-state index contributed by atoms with van der Waals surface area (Å²) in [5.41, 5.74) is 3.90. The van der Waals surface area contributed by atoms with Crippen LogP contribution in [0.5, 0.6) is 0 Å². The van der Waals surface area contributed by atoms with Crippen LogP contribution < -0.4 is 4.90 Å². The molecule has 0 spiro atoms. The molecule has 1 aliphatic rings. The van der Waals surface area contributed by atoms with Crippen LogP contribution in [0.3, 0.4) is 0 Å². The van der Waals surface area contributed by atoms with Crippen molar-refractivity contribution in [1.29, 1.82) is 0 Å². The largest absolute Gasteiger partial charge is 0.351 e. The Hall–Kier alpha value is -2.48. The van der Waals surface area contributed by atoms with E-state index in [1.807, 2.05) is 0 Å². The summed E-state index contributed by atoms with van der Waals surface area (Å²) < 4.78 is 2.34. The molecule has 20 heavy (non-hydrogen) atoms. The van der Waals surface area contributed by atoms with Gasteiger partial charge >= 0.3 is 0 Å². The lowest BCUT2D eigenvalue weighted by molar-refractivity contribution is 0.716. The third kappa shape index (κ3) is 1.58. The number of nitrogens with zero attached hydrogens (tertiary/aromatic N) is 2. The van der Waals surface area contributed by atoms with E-state index in [-0.39, 0.29) is 6.04 Å². The van der Waals surface area contributed by atoms with Gasteiger partial charge in [0.25, 0.3) is 0 Å². The third-order valence-electron chi connectivity index (χ3n) is 4.06. The van der Waals surface area contributed by atoms with Gasteiger partial charge in [0.05, 0.1) is 6.04 Å². The average molecular weight is 260 g/mol. The number of allylic oxidation sites excluding steroid dienone is 1. The summed E-state index contributed by atoms with van der Waals surface area (Å²) in [6, 6.07) is 19.6. The Morgan fingerprint density at radius 2 is 1.70 bits per heavy atom. The molecule has 2 aromatic carbocycles. The number of fused-ring (bicyclic) bond motifs is 2. The topological polar surface area (TPSA) is 8.17 Å². The summed E-state index contributed by atoms with van der Waals surface area (Å²) in [5.74, 6) is 0. The van der Waals surface area contributed by atoms with Gasteiger partial charge in [0.1, 0.15) is 0 Å². The van der Waals surface area contributed by atoms with Gasteiger partial charge in [0.2, 0.25) is 0 Å². The molecule has 1 aliphatic heterocycles. The molecule has 0 bridgehead atoms. The summed E-state index contributed by atoms with van der Waals surface area (Å²) in [5, 5.41) is 1.29. The van der Waals surface area contributed by atoms with Gasteiger partial charge in [-0.05, 0) is 29.7 Å². The van der Waals surface area contributed by atoms with E-state index in [1.165, 1.54) is 22.2 Å². The van der Waals surface area contributed by atoms with Crippen LogP contribution in [0, 0.1) is 0 Å². The fourth-order valence-electron chi connectivity index (χ4n) is 3.04. The van der Waals surface area contributed by atoms with E-state index in [0.717, 1.165) is 0 Å². The number of rotatable bonds is 1. The first-order chi connectivity index (χ1) is 9.84. The Balaban J connectivity index is 1.93. The molecule has 0 amide bonds. The molecule has 98 valence electrons. The first kappa shape index (κ1) is 11.4. The van der Waals surface area contributed by atoms with Crippen molar-refractivity contribution in [3.05, 3.63) is 78.6 Å². The predicted molar refractivity (Wildman–Crippen MR) is 84.1 cm³/mol. The molecule has 0 aliphatic carbocycles. The zero-order valence-corrected chi connectivity index (χ0v) is 11.4. The number of hydrogen-bond acceptors (Lipinski definition) is 1. The lowest BCUT2D eigenvalue weighted by Gasteiger charge is -2.29. The normalized spacial score (nSPS) is 17.4. The summed E-state index contributed by atoms with van der Waals surface area (Å²) >= 11 is 0. The van der Waals surface area contributed by atoms with E-state index in [0.29, 0.717) is 0 Å². The number of para-hydroxylation sites is 2. The summed E-state index contributed by atoms with van der Waals surface area (Å²) in [6.07, 6.45) is 6.60. The van der Waals surface area contributed by atoms with E-state index < -0.39 is 0 Å². The third-order valence-corrected chi connectivity index (χ3v) is 4.06. The Kier molecular flexibility index (Phi) is 2.43. The minimum Gasteiger partial charge on any atom is -0.351 e. The minimum absolute atomic E-state index is 0.266. The predicted octanol–water partition coefficient (Wildman–Crippen LogP) is 4.19. The van der Waals surface area contributed by atoms with Gasteiger partial charge in [0.15, 0.2) is 0 Å². The van der Waals surface area contributed by atoms with Gasteiger partial charge in [0, 0.05) is 36.2 Å². The van der Waals surface area contributed by atoms with Crippen molar-refractivity contribution in [3.63, 3.8) is 0 Å². The summed E-state index contributed by atoms with van der Waals surface area (Å²) in [7, 11) is 2.10. The minimum atomic E-state index is 0.266. The Labute approximate surface area is 118 Å². The van der Waals surface area contributed by atoms with E-state index in [1.54, 1.807) is 0 Å². The molecule has 0 fully saturated rings. The maximum atomic E-state index is 2.34. The molecule has 0 radical (unpaired) electrons. The Morgan fingerprint density at radius 1 is 0.900 bits per heavy atom. The van der Waals surface area contributed by atoms with Gasteiger partial charge in [-0.3, -0.25) is 0 Å². The van der Waals surface area contributed by atoms with Crippen LogP contribution in [-0.2, 0) is 0 Å². The molecule has 1 aromatic heterocycles. The zero-order valence-electron chi connectivity index (χ0n) is 11.4. The number of hydrogen-bond donors (Lipinski definition) is 0. The van der Waals surface area contributed by atoms with E-state index in [9.17, 15) is 0 Å². The van der Waals surface area contributed by atoms with Crippen molar-refractivity contribution in [1.82, 2.24) is 4.57 Å². The average Bonchev–Trinajstić information content (AvgIpc) is 2.92. The highest BCUT2D eigenvalue weighted by molar-refractivity contribution is 5.80. The highest BCUT2D eigenvalue weighted by Crippen LogP contribution is 2.35. The second-order valence-electron chi connectivity index (χ2n) is 5.24. The molecule has 0 saturated heterocycles. The molecule has 0 saturated carbocycles. The Morgan fingerprint density at radius 3 is 2.65 bits per heavy atom. The fraction of sp³-hybridized carbons (Fsp3) is 0.111. The van der Waals surface area contributed by atoms with Crippen molar-refractivity contribution < 1.29 is 0 Å². The maximum absolute atomic E-state index is 2.34. The number of benzene rings is 2. The molecule has 4 rings (SSSR count). The molecule has 2 nitrogen and oxygen atoms in total. The maximum Gasteiger partial charge on any atom is 0.0807 e. The molecule has 0 N–H and O–H groups in total. The second kappa shape index (κ2) is 4.27. The quantitative estimate of drug-likeness (QED) is 0.637. The smallest absolute Gasteiger partial charge is 0.0807 e. The fourth-order valence-corrected chi connectivity index (χ4v) is 3.04. The highest BCUT2D eigenvalue weighted by Gasteiger charge is 2.20. The van der Waals surface area contributed by atoms with Crippen molar-refractivity contribution >= 4 is 16.6 Å². The SMILES string of the molecule is CN1C=C[C@@H](n2ccc3ccccc32)c2ccccc21. The van der Waals surface area contributed by atoms with Crippen LogP contribution in [0.15, 0.2) is 73.1 Å². The monoisotopic (exact) mass is 260 g/mol. The van der Waals surface area contributed by atoms with E-state index in [2.05, 4.69) is 89.6 Å². The summed E-state index contributed by atoms with van der Waals surface area (Å²) in [4.78, 5) is 2.18. The van der Waals surface area contributed by atoms with Crippen molar-refractivity contribution in [2.75, 3.05) is 11.9 Å². The summed E-state index contributed by atoms with van der Waals surface area (Å²) in [6.45, 7) is 0. The highest BCUT2D eigenvalue weighted by atomic mass is 15.1. The van der Waals surface area contributed by atoms with Crippen molar-refractivity contribution in [2.24, 2.45) is 0 Å². The van der Waals surface area contributed by atoms with Gasteiger partial charge in [-0.25, -0.2) is 0 Å². The first-order valence-corrected chi connectivity index (χ1v) is 6.90. The standard InChI is InChI=1S/C18H16N2/c1-19-12-11-18(15-7-3-5-9-17(15)19)20-13-10-14-6-2-4-8-16(14)20/h2-13,18H,1H3/t18-/m1/s1. The molecular weight excluding hydrogens is 244 g/mol. The van der Waals surface area contributed by atoms with Crippen LogP contribution in [0.4, 0.5) is 5.69 Å². The van der Waals surface area contributed by atoms with Crippen LogP contribution in [0.1, 0.15) is 11.6 Å². The Bertz CT molecular complexity index is 798. The van der Waals surface area contributed by atoms with Crippen molar-refractivity contribution in [3.8, 4) is 0 Å². The molecule has 2 heterocycles. The van der Waals surface area contributed by atoms with Crippen LogP contribution in [0.2, 0.25) is 0 Å². The molecular formula is C18H16N2. The van der Waals surface area contributed by atoms with Crippen LogP contribution in [-0.4, -0.2) is 11.6 Å². The van der Waals surface area contributed by atoms with Gasteiger partial charge in [-0.2, -0.15) is 0 Å². The van der Waals surface area contributed by atoms with Gasteiger partial charge < -0.3 is 9.47 Å². The molecule has 3 aromatic rings. The number of anilines is 1. The lowest BCUT2D eigenvalue weighted by atomic mass is 10.0. The second-order valence-corrected chi connectivity index (χ2v) is 5.24. The van der Waals surface area contributed by atoms with Crippen molar-refractivity contribution in [2.45, 2.75) is 6.04 Å². The van der Waals surface area contributed by atoms with Crippen LogP contribution in [0.25, 0.3) is 10.9 Å². The number of aromatic nitrogens is 1. The van der Waals surface area contributed by atoms with E-state index in [4.69, 9.17) is 0 Å².